The van der Waals surface area contributed by atoms with Gasteiger partial charge in [0.25, 0.3) is 5.56 Å². The maximum absolute atomic E-state index is 13.6. The fourth-order valence-electron chi connectivity index (χ4n) is 4.45. The van der Waals surface area contributed by atoms with Crippen LogP contribution < -0.4 is 5.56 Å². The van der Waals surface area contributed by atoms with Crippen molar-refractivity contribution in [2.45, 2.75) is 52.4 Å². The van der Waals surface area contributed by atoms with Gasteiger partial charge in [0.1, 0.15) is 11.8 Å². The largest absolute Gasteiger partial charge is 0.468 e. The summed E-state index contributed by atoms with van der Waals surface area (Å²) in [5.41, 5.74) is 2.87. The van der Waals surface area contributed by atoms with Gasteiger partial charge in [-0.1, -0.05) is 17.7 Å². The first-order chi connectivity index (χ1) is 17.3. The summed E-state index contributed by atoms with van der Waals surface area (Å²) in [5, 5.41) is 13.7. The molecule has 0 bridgehead atoms. The fraction of sp³-hybridized carbons (Fsp3) is 0.296. The van der Waals surface area contributed by atoms with Crippen molar-refractivity contribution in [2.24, 2.45) is 0 Å². The Morgan fingerprint density at radius 3 is 2.69 bits per heavy atom. The lowest BCUT2D eigenvalue weighted by Crippen LogP contribution is -2.37. The molecule has 4 heterocycles. The van der Waals surface area contributed by atoms with Gasteiger partial charge in [0.15, 0.2) is 5.82 Å². The van der Waals surface area contributed by atoms with Crippen LogP contribution in [0.5, 0.6) is 0 Å². The lowest BCUT2D eigenvalue weighted by atomic mass is 10.0. The van der Waals surface area contributed by atoms with Gasteiger partial charge in [0.05, 0.1) is 18.3 Å². The van der Waals surface area contributed by atoms with Gasteiger partial charge in [0, 0.05) is 30.0 Å². The first-order valence-electron chi connectivity index (χ1n) is 11.9. The average Bonchev–Trinajstić information content (AvgIpc) is 3.53. The minimum atomic E-state index is -0.557. The number of aromatic amines is 1. The van der Waals surface area contributed by atoms with Gasteiger partial charge in [-0.15, -0.1) is 5.10 Å². The number of aryl methyl sites for hydroxylation is 1. The maximum atomic E-state index is 13.6. The third kappa shape index (κ3) is 4.83. The van der Waals surface area contributed by atoms with Crippen LogP contribution in [0.15, 0.2) is 76.4 Å². The predicted molar refractivity (Wildman–Crippen MR) is 136 cm³/mol. The molecule has 0 radical (unpaired) electrons. The van der Waals surface area contributed by atoms with Crippen molar-refractivity contribution in [3.8, 4) is 0 Å². The predicted octanol–water partition coefficient (Wildman–Crippen LogP) is 4.36. The maximum Gasteiger partial charge on any atom is 0.253 e. The molecule has 36 heavy (non-hydrogen) atoms. The van der Waals surface area contributed by atoms with Gasteiger partial charge in [-0.05, 0) is 85.5 Å². The van der Waals surface area contributed by atoms with Crippen molar-refractivity contribution >= 4 is 10.9 Å². The molecule has 0 unspecified atom stereocenters. The zero-order chi connectivity index (χ0) is 25.3. The zero-order valence-electron chi connectivity index (χ0n) is 20.8. The summed E-state index contributed by atoms with van der Waals surface area (Å²) in [6, 6.07) is 15.1. The smallest absolute Gasteiger partial charge is 0.253 e. The van der Waals surface area contributed by atoms with Crippen LogP contribution in [0.3, 0.4) is 0 Å². The van der Waals surface area contributed by atoms with Crippen molar-refractivity contribution in [3.63, 3.8) is 0 Å². The molecule has 1 N–H and O–H groups in total. The van der Waals surface area contributed by atoms with Crippen molar-refractivity contribution < 1.29 is 4.42 Å². The van der Waals surface area contributed by atoms with Crippen LogP contribution >= 0.6 is 0 Å². The van der Waals surface area contributed by atoms with E-state index in [1.165, 1.54) is 0 Å². The van der Waals surface area contributed by atoms with Crippen molar-refractivity contribution in [1.29, 1.82) is 0 Å². The Bertz CT molecular complexity index is 1520. The van der Waals surface area contributed by atoms with Gasteiger partial charge in [0.2, 0.25) is 0 Å². The van der Waals surface area contributed by atoms with E-state index in [2.05, 4.69) is 36.5 Å². The highest BCUT2D eigenvalue weighted by molar-refractivity contribution is 5.79. The molecule has 9 nitrogen and oxygen atoms in total. The van der Waals surface area contributed by atoms with Crippen LogP contribution in [-0.4, -0.2) is 35.1 Å². The minimum absolute atomic E-state index is 0.185. The highest BCUT2D eigenvalue weighted by atomic mass is 16.3. The number of H-pyrrole nitrogens is 1. The number of nitrogens with one attached hydrogen (secondary N) is 1. The van der Waals surface area contributed by atoms with Gasteiger partial charge >= 0.3 is 0 Å². The number of tetrazole rings is 1. The second-order valence-corrected chi connectivity index (χ2v) is 10.0. The molecule has 9 heteroatoms. The van der Waals surface area contributed by atoms with E-state index >= 15 is 0 Å². The van der Waals surface area contributed by atoms with Crippen LogP contribution in [0.4, 0.5) is 0 Å². The van der Waals surface area contributed by atoms with E-state index in [1.54, 1.807) is 17.1 Å². The molecular weight excluding hydrogens is 454 g/mol. The van der Waals surface area contributed by atoms with Crippen LogP contribution in [0, 0.1) is 6.92 Å². The number of furan rings is 1. The quantitative estimate of drug-likeness (QED) is 0.367. The Morgan fingerprint density at radius 1 is 1.11 bits per heavy atom. The number of fused-ring (bicyclic) bond motifs is 1. The number of hydrogen-bond donors (Lipinski definition) is 1. The number of hydrogen-bond acceptors (Lipinski definition) is 7. The molecule has 5 rings (SSSR count). The molecule has 0 aliphatic rings. The summed E-state index contributed by atoms with van der Waals surface area (Å²) in [4.78, 5) is 23.1. The highest BCUT2D eigenvalue weighted by Crippen LogP contribution is 2.32. The molecule has 184 valence electrons. The zero-order valence-corrected chi connectivity index (χ0v) is 20.8. The number of rotatable bonds is 7. The average molecular weight is 484 g/mol. The Kier molecular flexibility index (Phi) is 6.24. The molecule has 4 aromatic heterocycles. The van der Waals surface area contributed by atoms with Gasteiger partial charge in [-0.25, -0.2) is 4.68 Å². The highest BCUT2D eigenvalue weighted by Gasteiger charge is 2.34. The van der Waals surface area contributed by atoms with E-state index in [1.807, 2.05) is 76.4 Å². The summed E-state index contributed by atoms with van der Waals surface area (Å²) in [6.45, 7) is 9.09. The normalized spacial score (nSPS) is 12.9. The molecule has 0 saturated heterocycles. The Morgan fingerprint density at radius 2 is 1.97 bits per heavy atom. The summed E-state index contributed by atoms with van der Waals surface area (Å²) in [5.74, 6) is 1.35. The van der Waals surface area contributed by atoms with E-state index in [0.29, 0.717) is 24.5 Å². The van der Waals surface area contributed by atoms with Crippen molar-refractivity contribution in [1.82, 2.24) is 35.1 Å². The molecule has 0 aliphatic heterocycles. The third-order valence-electron chi connectivity index (χ3n) is 6.11. The van der Waals surface area contributed by atoms with Gasteiger partial charge in [-0.2, -0.15) is 0 Å². The first-order valence-corrected chi connectivity index (χ1v) is 11.9. The third-order valence-corrected chi connectivity index (χ3v) is 6.11. The summed E-state index contributed by atoms with van der Waals surface area (Å²) < 4.78 is 7.50. The van der Waals surface area contributed by atoms with E-state index in [-0.39, 0.29) is 5.56 Å². The molecule has 1 atom stereocenters. The second kappa shape index (κ2) is 9.50. The fourth-order valence-corrected chi connectivity index (χ4v) is 4.45. The molecule has 0 amide bonds. The van der Waals surface area contributed by atoms with Crippen LogP contribution in [0.1, 0.15) is 55.1 Å². The number of aromatic nitrogens is 6. The summed E-state index contributed by atoms with van der Waals surface area (Å²) in [7, 11) is 0. The molecule has 0 aliphatic carbocycles. The van der Waals surface area contributed by atoms with Crippen LogP contribution in [-0.2, 0) is 18.6 Å². The van der Waals surface area contributed by atoms with E-state index in [9.17, 15) is 4.79 Å². The Labute approximate surface area is 208 Å². The second-order valence-electron chi connectivity index (χ2n) is 10.0. The molecule has 0 fully saturated rings. The topological polar surface area (TPSA) is 106 Å². The van der Waals surface area contributed by atoms with E-state index in [4.69, 9.17) is 4.42 Å². The van der Waals surface area contributed by atoms with E-state index in [0.717, 1.165) is 27.8 Å². The summed E-state index contributed by atoms with van der Waals surface area (Å²) >= 11 is 0. The first kappa shape index (κ1) is 23.6. The number of nitrogens with zero attached hydrogens (tertiary/aromatic N) is 6. The lowest BCUT2D eigenvalue weighted by Gasteiger charge is -2.32. The molecule has 5 aromatic rings. The monoisotopic (exact) mass is 483 g/mol. The SMILES string of the molecule is Cc1ccc2[nH]c(=O)c([C@H](c3nnnn3C(C)(C)C)N(Cc3cccnc3)Cc3ccco3)cc2c1. The molecule has 0 saturated carbocycles. The standard InChI is InChI=1S/C27H29N7O2/c1-18-9-10-23-20(13-18)14-22(26(35)29-23)24(25-30-31-32-34(25)27(2,3)4)33(17-21-8-6-12-36-21)16-19-7-5-11-28-15-19/h5-15,24H,16-17H2,1-4H3,(H,29,35)/t24-/m1/s1. The van der Waals surface area contributed by atoms with Crippen LogP contribution in [0.2, 0.25) is 0 Å². The van der Waals surface area contributed by atoms with Crippen molar-refractivity contribution in [2.75, 3.05) is 0 Å². The molecular formula is C27H29N7O2. The minimum Gasteiger partial charge on any atom is -0.468 e. The van der Waals surface area contributed by atoms with Crippen LogP contribution in [0.25, 0.3) is 10.9 Å². The number of benzene rings is 1. The number of pyridine rings is 2. The molecule has 1 aromatic carbocycles. The Balaban J connectivity index is 1.73. The Hall–Kier alpha value is -4.11. The van der Waals surface area contributed by atoms with Gasteiger partial charge < -0.3 is 9.40 Å². The summed E-state index contributed by atoms with van der Waals surface area (Å²) in [6.07, 6.45) is 5.22. The lowest BCUT2D eigenvalue weighted by molar-refractivity contribution is 0.171. The van der Waals surface area contributed by atoms with Crippen molar-refractivity contribution in [3.05, 3.63) is 106 Å². The molecule has 0 spiro atoms. The van der Waals surface area contributed by atoms with E-state index < -0.39 is 11.6 Å². The van der Waals surface area contributed by atoms with Gasteiger partial charge in [-0.3, -0.25) is 14.7 Å².